The molecule has 1 atom stereocenters. The van der Waals surface area contributed by atoms with Gasteiger partial charge in [0.05, 0.1) is 6.10 Å². The van der Waals surface area contributed by atoms with Crippen LogP contribution in [0.15, 0.2) is 12.1 Å². The highest BCUT2D eigenvalue weighted by atomic mass is 19.2. The number of rotatable bonds is 1. The van der Waals surface area contributed by atoms with E-state index < -0.39 is 17.5 Å². The lowest BCUT2D eigenvalue weighted by Crippen LogP contribution is -2.03. The van der Waals surface area contributed by atoms with Gasteiger partial charge in [-0.25, -0.2) is 18.2 Å². The topological polar surface area (TPSA) is 22.1 Å². The van der Waals surface area contributed by atoms with Gasteiger partial charge in [-0.3, -0.25) is 0 Å². The molecule has 1 aromatic heterocycles. The first-order chi connectivity index (χ1) is 9.08. The molecule has 5 heteroatoms. The third kappa shape index (κ3) is 1.98. The molecule has 2 heterocycles. The van der Waals surface area contributed by atoms with Gasteiger partial charge in [0.15, 0.2) is 17.5 Å². The van der Waals surface area contributed by atoms with Gasteiger partial charge >= 0.3 is 0 Å². The van der Waals surface area contributed by atoms with E-state index in [9.17, 15) is 13.2 Å². The van der Waals surface area contributed by atoms with Gasteiger partial charge in [0, 0.05) is 17.7 Å². The Balaban J connectivity index is 2.32. The summed E-state index contributed by atoms with van der Waals surface area (Å²) in [5, 5.41) is 0.286. The Kier molecular flexibility index (Phi) is 2.93. The average Bonchev–Trinajstić information content (AvgIpc) is 2.90. The van der Waals surface area contributed by atoms with Gasteiger partial charge in [0.25, 0.3) is 0 Å². The van der Waals surface area contributed by atoms with E-state index in [1.54, 1.807) is 13.0 Å². The van der Waals surface area contributed by atoms with E-state index in [1.807, 2.05) is 0 Å². The summed E-state index contributed by atoms with van der Waals surface area (Å²) in [7, 11) is 0. The quantitative estimate of drug-likeness (QED) is 0.733. The Labute approximate surface area is 108 Å². The number of aromatic nitrogens is 1. The third-order valence-electron chi connectivity index (χ3n) is 3.38. The highest BCUT2D eigenvalue weighted by Crippen LogP contribution is 2.35. The molecule has 0 N–H and O–H groups in total. The summed E-state index contributed by atoms with van der Waals surface area (Å²) in [6.07, 6.45) is 1.49. The molecule has 0 radical (unpaired) electrons. The highest BCUT2D eigenvalue weighted by molar-refractivity contribution is 5.83. The summed E-state index contributed by atoms with van der Waals surface area (Å²) in [6.45, 7) is 2.32. The molecule has 100 valence electrons. The molecule has 2 nitrogen and oxygen atoms in total. The number of halogens is 3. The molecule has 1 aliphatic rings. The van der Waals surface area contributed by atoms with E-state index in [0.717, 1.165) is 18.9 Å². The first-order valence-electron chi connectivity index (χ1n) is 6.14. The van der Waals surface area contributed by atoms with Crippen molar-refractivity contribution in [3.63, 3.8) is 0 Å². The summed E-state index contributed by atoms with van der Waals surface area (Å²) in [4.78, 5) is 3.97. The van der Waals surface area contributed by atoms with Crippen molar-refractivity contribution in [3.8, 4) is 0 Å². The molecule has 1 fully saturated rings. The molecule has 1 aliphatic heterocycles. The number of ether oxygens (including phenoxy) is 1. The fourth-order valence-corrected chi connectivity index (χ4v) is 2.52. The van der Waals surface area contributed by atoms with Crippen molar-refractivity contribution in [3.05, 3.63) is 40.8 Å². The van der Waals surface area contributed by atoms with Crippen LogP contribution in [0.5, 0.6) is 0 Å². The number of hydrogen-bond donors (Lipinski definition) is 0. The molecule has 0 amide bonds. The number of benzene rings is 1. The minimum absolute atomic E-state index is 0.135. The van der Waals surface area contributed by atoms with Crippen molar-refractivity contribution >= 4 is 10.9 Å². The summed E-state index contributed by atoms with van der Waals surface area (Å²) in [5.41, 5.74) is 1.10. The zero-order valence-corrected chi connectivity index (χ0v) is 10.3. The number of fused-ring (bicyclic) bond motifs is 1. The Hall–Kier alpha value is -1.62. The number of hydrogen-bond acceptors (Lipinski definition) is 2. The van der Waals surface area contributed by atoms with Gasteiger partial charge in [0.2, 0.25) is 0 Å². The highest BCUT2D eigenvalue weighted by Gasteiger charge is 2.24. The lowest BCUT2D eigenvalue weighted by atomic mass is 10.0. The lowest BCUT2D eigenvalue weighted by molar-refractivity contribution is 0.113. The molecule has 0 aliphatic carbocycles. The second-order valence-corrected chi connectivity index (χ2v) is 4.74. The first-order valence-corrected chi connectivity index (χ1v) is 6.14. The summed E-state index contributed by atoms with van der Waals surface area (Å²) in [5.74, 6) is -3.92. The van der Waals surface area contributed by atoms with Crippen LogP contribution in [-0.2, 0) is 4.74 Å². The smallest absolute Gasteiger partial charge is 0.196 e. The Morgan fingerprint density at radius 3 is 2.68 bits per heavy atom. The predicted octanol–water partition coefficient (Wildman–Crippen LogP) is 3.81. The largest absolute Gasteiger partial charge is 0.374 e. The lowest BCUT2D eigenvalue weighted by Gasteiger charge is -2.14. The van der Waals surface area contributed by atoms with Crippen LogP contribution in [-0.4, -0.2) is 11.6 Å². The second-order valence-electron chi connectivity index (χ2n) is 4.74. The third-order valence-corrected chi connectivity index (χ3v) is 3.38. The van der Waals surface area contributed by atoms with Gasteiger partial charge < -0.3 is 4.74 Å². The van der Waals surface area contributed by atoms with Crippen LogP contribution >= 0.6 is 0 Å². The molecular weight excluding hydrogens is 255 g/mol. The molecule has 1 unspecified atom stereocenters. The predicted molar refractivity (Wildman–Crippen MR) is 64.3 cm³/mol. The van der Waals surface area contributed by atoms with E-state index in [2.05, 4.69) is 4.98 Å². The number of nitrogens with zero attached hydrogens (tertiary/aromatic N) is 1. The van der Waals surface area contributed by atoms with E-state index in [0.29, 0.717) is 17.9 Å². The van der Waals surface area contributed by atoms with Gasteiger partial charge in [-0.2, -0.15) is 0 Å². The number of pyridine rings is 1. The maximum atomic E-state index is 13.8. The average molecular weight is 267 g/mol. The minimum atomic E-state index is -1.48. The van der Waals surface area contributed by atoms with E-state index >= 15 is 0 Å². The van der Waals surface area contributed by atoms with Gasteiger partial charge in [-0.05, 0) is 37.5 Å². The van der Waals surface area contributed by atoms with Gasteiger partial charge in [-0.15, -0.1) is 0 Å². The molecule has 1 aromatic carbocycles. The molecule has 2 aromatic rings. The molecule has 0 saturated carbocycles. The zero-order chi connectivity index (χ0) is 13.6. The van der Waals surface area contributed by atoms with E-state index in [4.69, 9.17) is 4.74 Å². The van der Waals surface area contributed by atoms with Gasteiger partial charge in [0.1, 0.15) is 5.52 Å². The van der Waals surface area contributed by atoms with Crippen molar-refractivity contribution < 1.29 is 17.9 Å². The van der Waals surface area contributed by atoms with E-state index in [1.165, 1.54) is 0 Å². The summed E-state index contributed by atoms with van der Waals surface area (Å²) < 4.78 is 46.0. The second kappa shape index (κ2) is 4.49. The van der Waals surface area contributed by atoms with Gasteiger partial charge in [-0.1, -0.05) is 0 Å². The SMILES string of the molecule is Cc1cc(C2CCCO2)c2cc(F)c(F)c(F)c2n1. The van der Waals surface area contributed by atoms with Crippen molar-refractivity contribution in [2.75, 3.05) is 6.61 Å². The molecule has 1 saturated heterocycles. The van der Waals surface area contributed by atoms with Crippen LogP contribution in [0.3, 0.4) is 0 Å². The Morgan fingerprint density at radius 1 is 1.21 bits per heavy atom. The van der Waals surface area contributed by atoms with Crippen LogP contribution in [0, 0.1) is 24.4 Å². The van der Waals surface area contributed by atoms with Crippen molar-refractivity contribution in [1.82, 2.24) is 4.98 Å². The fourth-order valence-electron chi connectivity index (χ4n) is 2.52. The fraction of sp³-hybridized carbons (Fsp3) is 0.357. The first kappa shape index (κ1) is 12.4. The van der Waals surface area contributed by atoms with Crippen LogP contribution in [0.4, 0.5) is 13.2 Å². The molecule has 0 bridgehead atoms. The van der Waals surface area contributed by atoms with Crippen molar-refractivity contribution in [1.29, 1.82) is 0 Å². The Bertz CT molecular complexity index is 651. The zero-order valence-electron chi connectivity index (χ0n) is 10.3. The minimum Gasteiger partial charge on any atom is -0.374 e. The molecule has 19 heavy (non-hydrogen) atoms. The van der Waals surface area contributed by atoms with Crippen molar-refractivity contribution in [2.45, 2.75) is 25.9 Å². The van der Waals surface area contributed by atoms with Crippen LogP contribution in [0.1, 0.15) is 30.2 Å². The molecular formula is C14H12F3NO. The Morgan fingerprint density at radius 2 is 2.00 bits per heavy atom. The summed E-state index contributed by atoms with van der Waals surface area (Å²) >= 11 is 0. The normalized spacial score (nSPS) is 19.3. The molecule has 0 spiro atoms. The summed E-state index contributed by atoms with van der Waals surface area (Å²) in [6, 6.07) is 2.74. The maximum Gasteiger partial charge on any atom is 0.196 e. The maximum absolute atomic E-state index is 13.8. The molecule has 3 rings (SSSR count). The van der Waals surface area contributed by atoms with Crippen LogP contribution in [0.2, 0.25) is 0 Å². The van der Waals surface area contributed by atoms with Crippen molar-refractivity contribution in [2.24, 2.45) is 0 Å². The number of aryl methyl sites for hydroxylation is 1. The monoisotopic (exact) mass is 267 g/mol. The van der Waals surface area contributed by atoms with E-state index in [-0.39, 0.29) is 17.0 Å². The van der Waals surface area contributed by atoms with Crippen LogP contribution < -0.4 is 0 Å². The standard InChI is InChI=1S/C14H12F3NO/c1-7-5-8(11-3-2-4-19-11)9-6-10(15)12(16)13(17)14(9)18-7/h5-6,11H,2-4H2,1H3. The van der Waals surface area contributed by atoms with Crippen LogP contribution in [0.25, 0.3) is 10.9 Å².